The zero-order valence-electron chi connectivity index (χ0n) is 23.1. The second-order valence-corrected chi connectivity index (χ2v) is 11.3. The number of aldehydes is 1. The lowest BCUT2D eigenvalue weighted by Crippen LogP contribution is -2.65. The number of aromatic hydroxyl groups is 1. The average molecular weight is 565 g/mol. The molecule has 1 amide bonds. The molecule has 41 heavy (non-hydrogen) atoms. The van der Waals surface area contributed by atoms with Crippen molar-refractivity contribution >= 4 is 35.2 Å². The maximum atomic E-state index is 14.1. The predicted molar refractivity (Wildman–Crippen MR) is 147 cm³/mol. The second-order valence-electron chi connectivity index (χ2n) is 11.3. The monoisotopic (exact) mass is 564 g/mol. The summed E-state index contributed by atoms with van der Waals surface area (Å²) in [6.45, 7) is 0.151. The van der Waals surface area contributed by atoms with Gasteiger partial charge in [-0.15, -0.1) is 0 Å². The molecule has 12 nitrogen and oxygen atoms in total. The molecule has 216 valence electrons. The SMILES string of the molecule is CN(C)c1cc(Cn2ccc(C=O)c2)c(O)c2c1C[C@@H]1C[C@@H]3[C@@H](N(C)C)C(=O)C(C(N)=O)=C(O)[C@]3(O)C(=O)C1=C2O. The Bertz CT molecular complexity index is 1580. The molecule has 1 heterocycles. The summed E-state index contributed by atoms with van der Waals surface area (Å²) in [4.78, 5) is 53.9. The number of likely N-dealkylation sites (N-methyl/N-ethyl adjacent to an activating group) is 1. The molecule has 0 radical (unpaired) electrons. The third-order valence-corrected chi connectivity index (χ3v) is 8.52. The maximum absolute atomic E-state index is 14.1. The van der Waals surface area contributed by atoms with E-state index >= 15 is 0 Å². The number of ketones is 2. The highest BCUT2D eigenvalue weighted by Crippen LogP contribution is 2.54. The zero-order valence-corrected chi connectivity index (χ0v) is 23.1. The van der Waals surface area contributed by atoms with Crippen molar-refractivity contribution in [3.8, 4) is 5.75 Å². The first-order valence-corrected chi connectivity index (χ1v) is 13.0. The van der Waals surface area contributed by atoms with Gasteiger partial charge in [-0.1, -0.05) is 0 Å². The highest BCUT2D eigenvalue weighted by Gasteiger charge is 2.64. The summed E-state index contributed by atoms with van der Waals surface area (Å²) in [5.74, 6) is -6.90. The molecule has 1 saturated carbocycles. The molecule has 3 aliphatic rings. The van der Waals surface area contributed by atoms with Crippen LogP contribution >= 0.6 is 0 Å². The summed E-state index contributed by atoms with van der Waals surface area (Å²) in [5.41, 5.74) is 3.74. The number of fused-ring (bicyclic) bond motifs is 3. The van der Waals surface area contributed by atoms with Gasteiger partial charge >= 0.3 is 0 Å². The van der Waals surface area contributed by atoms with Crippen LogP contribution in [0.5, 0.6) is 5.75 Å². The molecular weight excluding hydrogens is 532 g/mol. The Morgan fingerprint density at radius 3 is 2.44 bits per heavy atom. The Balaban J connectivity index is 1.71. The number of hydrogen-bond acceptors (Lipinski definition) is 10. The van der Waals surface area contributed by atoms with Crippen LogP contribution in [0.4, 0.5) is 5.69 Å². The summed E-state index contributed by atoms with van der Waals surface area (Å²) in [6.07, 6.45) is 4.18. The number of aliphatic hydroxyl groups is 3. The van der Waals surface area contributed by atoms with E-state index in [1.165, 1.54) is 4.90 Å². The van der Waals surface area contributed by atoms with Gasteiger partial charge in [-0.2, -0.15) is 0 Å². The third kappa shape index (κ3) is 3.97. The standard InChI is InChI=1S/C29H32N4O8/c1-31(2)18-9-15(11-33-6-5-13(10-33)12-34)23(35)20-16(18)7-14-8-17-22(32(3)4)25(37)21(28(30)40)27(39)29(17,41)26(38)19(14)24(20)36/h5-6,9-10,12,14,17,22,35-36,39,41H,7-8,11H2,1-4H3,(H2,30,40)/t14-,17-,22-,29-/m1/s1. The van der Waals surface area contributed by atoms with Crippen molar-refractivity contribution in [2.24, 2.45) is 17.6 Å². The molecule has 5 rings (SSSR count). The molecule has 0 saturated heterocycles. The van der Waals surface area contributed by atoms with Gasteiger partial charge in [0.1, 0.15) is 22.8 Å². The highest BCUT2D eigenvalue weighted by molar-refractivity contribution is 6.24. The zero-order chi connectivity index (χ0) is 30.1. The number of hydrogen-bond donors (Lipinski definition) is 5. The van der Waals surface area contributed by atoms with Crippen LogP contribution in [0.15, 0.2) is 41.4 Å². The first-order valence-electron chi connectivity index (χ1n) is 13.0. The van der Waals surface area contributed by atoms with Crippen molar-refractivity contribution in [2.75, 3.05) is 33.1 Å². The summed E-state index contributed by atoms with van der Waals surface area (Å²) < 4.78 is 1.69. The maximum Gasteiger partial charge on any atom is 0.255 e. The number of nitrogens with zero attached hydrogens (tertiary/aromatic N) is 3. The number of rotatable bonds is 6. The molecule has 0 bridgehead atoms. The lowest BCUT2D eigenvalue weighted by atomic mass is 9.57. The van der Waals surface area contributed by atoms with Crippen molar-refractivity contribution in [3.63, 3.8) is 0 Å². The van der Waals surface area contributed by atoms with Crippen molar-refractivity contribution in [1.82, 2.24) is 9.47 Å². The summed E-state index contributed by atoms with van der Waals surface area (Å²) >= 11 is 0. The van der Waals surface area contributed by atoms with Crippen molar-refractivity contribution in [2.45, 2.75) is 31.0 Å². The first-order chi connectivity index (χ1) is 19.2. The number of nitrogens with two attached hydrogens (primary N) is 1. The molecular formula is C29H32N4O8. The van der Waals surface area contributed by atoms with Crippen LogP contribution in [0.25, 0.3) is 5.76 Å². The Labute approximate surface area is 235 Å². The van der Waals surface area contributed by atoms with Gasteiger partial charge in [-0.25, -0.2) is 0 Å². The highest BCUT2D eigenvalue weighted by atomic mass is 16.3. The fraction of sp³-hybridized carbons (Fsp3) is 0.379. The Kier molecular flexibility index (Phi) is 6.58. The number of Topliss-reactive ketones (excluding diaryl/α,β-unsaturated/α-hetero) is 2. The molecule has 0 aliphatic heterocycles. The van der Waals surface area contributed by atoms with E-state index in [2.05, 4.69) is 0 Å². The minimum absolute atomic E-state index is 0.0129. The minimum Gasteiger partial charge on any atom is -0.508 e. The first kappa shape index (κ1) is 28.1. The van der Waals surface area contributed by atoms with E-state index in [4.69, 9.17) is 5.73 Å². The fourth-order valence-corrected chi connectivity index (χ4v) is 6.69. The van der Waals surface area contributed by atoms with Crippen molar-refractivity contribution < 1.29 is 39.6 Å². The minimum atomic E-state index is -2.70. The molecule has 6 N–H and O–H groups in total. The topological polar surface area (TPSA) is 187 Å². The number of benzene rings is 1. The number of primary amides is 1. The Hall–Kier alpha value is -4.42. The summed E-state index contributed by atoms with van der Waals surface area (Å²) in [5, 5.41) is 45.7. The number of carbonyl (C=O) groups is 4. The van der Waals surface area contributed by atoms with Gasteiger partial charge in [0.25, 0.3) is 5.91 Å². The van der Waals surface area contributed by atoms with E-state index in [0.29, 0.717) is 28.7 Å². The molecule has 1 fully saturated rings. The number of aromatic nitrogens is 1. The van der Waals surface area contributed by atoms with E-state index in [1.807, 2.05) is 4.90 Å². The molecule has 12 heteroatoms. The number of phenolic OH excluding ortho intramolecular Hbond substituents is 1. The number of carbonyl (C=O) groups excluding carboxylic acids is 4. The van der Waals surface area contributed by atoms with Gasteiger partial charge in [0.15, 0.2) is 17.7 Å². The van der Waals surface area contributed by atoms with Crippen LogP contribution in [-0.2, 0) is 27.3 Å². The van der Waals surface area contributed by atoms with E-state index < -0.39 is 58.0 Å². The average Bonchev–Trinajstić information content (AvgIpc) is 3.34. The Morgan fingerprint density at radius 2 is 1.88 bits per heavy atom. The van der Waals surface area contributed by atoms with Gasteiger partial charge in [0.2, 0.25) is 5.78 Å². The normalized spacial score (nSPS) is 25.7. The van der Waals surface area contributed by atoms with Gasteiger partial charge in [0, 0.05) is 54.8 Å². The molecule has 1 aromatic carbocycles. The van der Waals surface area contributed by atoms with Crippen molar-refractivity contribution in [3.05, 3.63) is 63.7 Å². The third-order valence-electron chi connectivity index (χ3n) is 8.52. The van der Waals surface area contributed by atoms with E-state index in [1.54, 1.807) is 57.3 Å². The van der Waals surface area contributed by atoms with E-state index in [9.17, 15) is 39.6 Å². The van der Waals surface area contributed by atoms with Gasteiger partial charge in [-0.05, 0) is 50.6 Å². The molecule has 0 unspecified atom stereocenters. The van der Waals surface area contributed by atoms with Crippen molar-refractivity contribution in [1.29, 1.82) is 0 Å². The summed E-state index contributed by atoms with van der Waals surface area (Å²) in [6, 6.07) is 2.25. The fourth-order valence-electron chi connectivity index (χ4n) is 6.69. The second kappa shape index (κ2) is 9.60. The molecule has 0 spiro atoms. The van der Waals surface area contributed by atoms with Crippen LogP contribution in [0.1, 0.15) is 33.5 Å². The molecule has 3 aliphatic carbocycles. The Morgan fingerprint density at radius 1 is 1.20 bits per heavy atom. The number of amides is 1. The predicted octanol–water partition coefficient (Wildman–Crippen LogP) is 0.692. The van der Waals surface area contributed by atoms with Gasteiger partial charge in [-0.3, -0.25) is 24.1 Å². The molecule has 2 aromatic rings. The molecule has 1 aromatic heterocycles. The van der Waals surface area contributed by atoms with Crippen LogP contribution in [0.2, 0.25) is 0 Å². The number of aliphatic hydroxyl groups excluding tert-OH is 2. The smallest absolute Gasteiger partial charge is 0.255 e. The largest absolute Gasteiger partial charge is 0.508 e. The van der Waals surface area contributed by atoms with Crippen LogP contribution < -0.4 is 10.6 Å². The van der Waals surface area contributed by atoms with Gasteiger partial charge < -0.3 is 35.6 Å². The lowest BCUT2D eigenvalue weighted by Gasteiger charge is -2.50. The van der Waals surface area contributed by atoms with E-state index in [-0.39, 0.29) is 36.3 Å². The van der Waals surface area contributed by atoms with Crippen LogP contribution in [-0.4, -0.2) is 93.5 Å². The molecule has 4 atom stereocenters. The quantitative estimate of drug-likeness (QED) is 0.247. The summed E-state index contributed by atoms with van der Waals surface area (Å²) in [7, 11) is 6.71. The number of anilines is 1. The lowest BCUT2D eigenvalue weighted by molar-refractivity contribution is -0.153. The van der Waals surface area contributed by atoms with E-state index in [0.717, 1.165) is 0 Å². The van der Waals surface area contributed by atoms with Gasteiger partial charge in [0.05, 0.1) is 18.2 Å². The van der Waals surface area contributed by atoms with Crippen LogP contribution in [0, 0.1) is 11.8 Å². The number of phenols is 1. The van der Waals surface area contributed by atoms with Crippen LogP contribution in [0.3, 0.4) is 0 Å².